The number of nitrogen functional groups attached to an aromatic ring is 1. The molecule has 0 saturated carbocycles. The highest BCUT2D eigenvalue weighted by Crippen LogP contribution is 2.38. The molecule has 0 amide bonds. The Morgan fingerprint density at radius 3 is 2.18 bits per heavy atom. The van der Waals surface area contributed by atoms with Crippen LogP contribution in [0.4, 0.5) is 5.69 Å². The lowest BCUT2D eigenvalue weighted by molar-refractivity contribution is 0.416. The molecular weight excluding hydrogens is 408 g/mol. The Bertz CT molecular complexity index is 1230. The van der Waals surface area contributed by atoms with Gasteiger partial charge in [0.15, 0.2) is 0 Å². The molecule has 33 heavy (non-hydrogen) atoms. The van der Waals surface area contributed by atoms with E-state index in [0.717, 1.165) is 34.1 Å². The molecule has 0 saturated heterocycles. The molecule has 0 aliphatic carbocycles. The number of nitrogens with one attached hydrogen (secondary N) is 1. The van der Waals surface area contributed by atoms with E-state index in [4.69, 9.17) is 15.6 Å². The van der Waals surface area contributed by atoms with Crippen LogP contribution < -0.4 is 16.0 Å². The van der Waals surface area contributed by atoms with Crippen LogP contribution in [0.2, 0.25) is 0 Å². The molecule has 0 unspecified atom stereocenters. The summed E-state index contributed by atoms with van der Waals surface area (Å²) in [5.41, 5.74) is 10.2. The van der Waals surface area contributed by atoms with Gasteiger partial charge < -0.3 is 10.2 Å². The minimum absolute atomic E-state index is 0.361. The zero-order chi connectivity index (χ0) is 23.5. The first-order valence-corrected chi connectivity index (χ1v) is 11.4. The van der Waals surface area contributed by atoms with Crippen LogP contribution in [0.5, 0.6) is 5.75 Å². The van der Waals surface area contributed by atoms with Gasteiger partial charge in [0.1, 0.15) is 11.6 Å². The van der Waals surface area contributed by atoms with E-state index < -0.39 is 0 Å². The fraction of sp³-hybridized carbons (Fsp3) is 0.250. The van der Waals surface area contributed by atoms with Gasteiger partial charge in [-0.25, -0.2) is 4.98 Å². The van der Waals surface area contributed by atoms with Crippen LogP contribution in [0.25, 0.3) is 28.3 Å². The van der Waals surface area contributed by atoms with Crippen LogP contribution in [-0.4, -0.2) is 16.7 Å². The lowest BCUT2D eigenvalue weighted by Gasteiger charge is -2.22. The number of anilines is 1. The van der Waals surface area contributed by atoms with Gasteiger partial charge in [0.05, 0.1) is 24.1 Å². The molecule has 0 aliphatic heterocycles. The summed E-state index contributed by atoms with van der Waals surface area (Å²) in [5.74, 6) is 8.03. The summed E-state index contributed by atoms with van der Waals surface area (Å²) in [5, 5.41) is 0. The zero-order valence-corrected chi connectivity index (χ0v) is 20.0. The second-order valence-electron chi connectivity index (χ2n) is 8.84. The lowest BCUT2D eigenvalue weighted by atomic mass is 9.92. The van der Waals surface area contributed by atoms with Crippen LogP contribution in [0.1, 0.15) is 50.7 Å². The summed E-state index contributed by atoms with van der Waals surface area (Å²) in [6.45, 7) is 8.94. The highest BCUT2D eigenvalue weighted by atomic mass is 16.5. The van der Waals surface area contributed by atoms with E-state index in [1.54, 1.807) is 7.11 Å². The van der Waals surface area contributed by atoms with E-state index in [9.17, 15) is 0 Å². The Morgan fingerprint density at radius 2 is 1.55 bits per heavy atom. The van der Waals surface area contributed by atoms with E-state index in [1.165, 1.54) is 16.8 Å². The molecule has 3 N–H and O–H groups in total. The lowest BCUT2D eigenvalue weighted by Crippen LogP contribution is -2.08. The molecule has 3 aromatic carbocycles. The standard InChI is InChI=1S/C28H32N4O/c1-18(2)22-13-9-14-23(19(3)4)27(22)32-17-25(20-10-8-11-21(16-20)31-29)30-28(32)24-12-6-7-15-26(24)33-5/h6-19,31H,29H2,1-5H3. The largest absolute Gasteiger partial charge is 0.496 e. The van der Waals surface area contributed by atoms with Crippen LogP contribution in [-0.2, 0) is 0 Å². The Kier molecular flexibility index (Phi) is 6.52. The number of imidazole rings is 1. The van der Waals surface area contributed by atoms with Crippen molar-refractivity contribution in [2.24, 2.45) is 5.84 Å². The first-order valence-electron chi connectivity index (χ1n) is 11.4. The molecule has 0 bridgehead atoms. The number of ether oxygens (including phenoxy) is 1. The molecule has 4 aromatic rings. The number of methoxy groups -OCH3 is 1. The molecule has 1 heterocycles. The molecule has 5 nitrogen and oxygen atoms in total. The van der Waals surface area contributed by atoms with Crippen molar-refractivity contribution in [2.45, 2.75) is 39.5 Å². The van der Waals surface area contributed by atoms with E-state index in [2.05, 4.69) is 74.2 Å². The van der Waals surface area contributed by atoms with Crippen molar-refractivity contribution in [3.05, 3.63) is 84.1 Å². The van der Waals surface area contributed by atoms with E-state index in [-0.39, 0.29) is 0 Å². The predicted molar refractivity (Wildman–Crippen MR) is 137 cm³/mol. The van der Waals surface area contributed by atoms with Crippen LogP contribution in [0.15, 0.2) is 72.9 Å². The zero-order valence-electron chi connectivity index (χ0n) is 20.0. The van der Waals surface area contributed by atoms with Crippen molar-refractivity contribution < 1.29 is 4.74 Å². The number of hydrogen-bond acceptors (Lipinski definition) is 4. The maximum atomic E-state index is 5.72. The van der Waals surface area contributed by atoms with Crippen molar-refractivity contribution in [3.8, 4) is 34.1 Å². The van der Waals surface area contributed by atoms with Crippen LogP contribution >= 0.6 is 0 Å². The van der Waals surface area contributed by atoms with Crippen LogP contribution in [0.3, 0.4) is 0 Å². The number of nitrogens with two attached hydrogens (primary N) is 1. The minimum Gasteiger partial charge on any atom is -0.496 e. The number of para-hydroxylation sites is 2. The van der Waals surface area contributed by atoms with E-state index in [1.807, 2.05) is 36.4 Å². The molecular formula is C28H32N4O. The van der Waals surface area contributed by atoms with Crippen molar-refractivity contribution in [2.75, 3.05) is 12.5 Å². The van der Waals surface area contributed by atoms with Gasteiger partial charge in [0.2, 0.25) is 0 Å². The average Bonchev–Trinajstić information content (AvgIpc) is 3.28. The van der Waals surface area contributed by atoms with Gasteiger partial charge in [-0.15, -0.1) is 0 Å². The third kappa shape index (κ3) is 4.37. The second-order valence-corrected chi connectivity index (χ2v) is 8.84. The summed E-state index contributed by atoms with van der Waals surface area (Å²) >= 11 is 0. The third-order valence-electron chi connectivity index (χ3n) is 5.96. The number of hydrazine groups is 1. The summed E-state index contributed by atoms with van der Waals surface area (Å²) < 4.78 is 7.95. The van der Waals surface area contributed by atoms with Gasteiger partial charge in [-0.3, -0.25) is 10.4 Å². The number of rotatable bonds is 7. The van der Waals surface area contributed by atoms with Gasteiger partial charge in [0, 0.05) is 17.4 Å². The second kappa shape index (κ2) is 9.51. The van der Waals surface area contributed by atoms with E-state index in [0.29, 0.717) is 11.8 Å². The Hall–Kier alpha value is -3.57. The average molecular weight is 441 g/mol. The summed E-state index contributed by atoms with van der Waals surface area (Å²) in [6, 6.07) is 22.6. The number of nitrogens with zero attached hydrogens (tertiary/aromatic N) is 2. The fourth-order valence-corrected chi connectivity index (χ4v) is 4.27. The molecule has 0 spiro atoms. The highest BCUT2D eigenvalue weighted by Gasteiger charge is 2.22. The summed E-state index contributed by atoms with van der Waals surface area (Å²) in [6.07, 6.45) is 2.13. The normalized spacial score (nSPS) is 11.3. The number of hydrogen-bond donors (Lipinski definition) is 2. The molecule has 5 heteroatoms. The first-order chi connectivity index (χ1) is 15.9. The number of aromatic nitrogens is 2. The van der Waals surface area contributed by atoms with Crippen LogP contribution in [0, 0.1) is 0 Å². The monoisotopic (exact) mass is 440 g/mol. The molecule has 0 aliphatic rings. The maximum Gasteiger partial charge on any atom is 0.149 e. The smallest absolute Gasteiger partial charge is 0.149 e. The van der Waals surface area contributed by atoms with Crippen molar-refractivity contribution in [1.82, 2.24) is 9.55 Å². The van der Waals surface area contributed by atoms with Gasteiger partial charge in [-0.05, 0) is 47.2 Å². The van der Waals surface area contributed by atoms with Gasteiger partial charge >= 0.3 is 0 Å². The highest BCUT2D eigenvalue weighted by molar-refractivity contribution is 5.73. The third-order valence-corrected chi connectivity index (χ3v) is 5.96. The molecule has 0 atom stereocenters. The maximum absolute atomic E-state index is 5.72. The Morgan fingerprint density at radius 1 is 0.879 bits per heavy atom. The van der Waals surface area contributed by atoms with Gasteiger partial charge in [-0.1, -0.05) is 70.2 Å². The summed E-state index contributed by atoms with van der Waals surface area (Å²) in [4.78, 5) is 5.13. The number of benzene rings is 3. The first kappa shape index (κ1) is 22.6. The minimum atomic E-state index is 0.361. The molecule has 4 rings (SSSR count). The van der Waals surface area contributed by atoms with Crippen molar-refractivity contribution in [3.63, 3.8) is 0 Å². The fourth-order valence-electron chi connectivity index (χ4n) is 4.27. The topological polar surface area (TPSA) is 65.1 Å². The van der Waals surface area contributed by atoms with Crippen molar-refractivity contribution >= 4 is 5.69 Å². The summed E-state index contributed by atoms with van der Waals surface area (Å²) in [7, 11) is 1.70. The molecule has 0 radical (unpaired) electrons. The SMILES string of the molecule is COc1ccccc1-c1nc(-c2cccc(NN)c2)cn1-c1c(C(C)C)cccc1C(C)C. The quantitative estimate of drug-likeness (QED) is 0.246. The Labute approximate surface area is 196 Å². The van der Waals surface area contributed by atoms with Gasteiger partial charge in [0.25, 0.3) is 0 Å². The van der Waals surface area contributed by atoms with Gasteiger partial charge in [-0.2, -0.15) is 0 Å². The molecule has 0 fully saturated rings. The van der Waals surface area contributed by atoms with Crippen molar-refractivity contribution in [1.29, 1.82) is 0 Å². The molecule has 1 aromatic heterocycles. The Balaban J connectivity index is 2.05. The predicted octanol–water partition coefficient (Wildman–Crippen LogP) is 6.75. The van der Waals surface area contributed by atoms with E-state index >= 15 is 0 Å². The molecule has 170 valence electrons.